The minimum Gasteiger partial charge on any atom is -0.392 e. The summed E-state index contributed by atoms with van der Waals surface area (Å²) in [6.45, 7) is 5.13. The number of aliphatic hydroxyl groups is 1. The Balaban J connectivity index is 1.13. The monoisotopic (exact) mass is 697 g/mol. The minimum absolute atomic E-state index is 0.00132. The van der Waals surface area contributed by atoms with Crippen LogP contribution in [0.1, 0.15) is 71.5 Å². The molecule has 0 aliphatic carbocycles. The molecule has 0 spiro atoms. The molecule has 0 unspecified atom stereocenters. The van der Waals surface area contributed by atoms with Gasteiger partial charge in [0.15, 0.2) is 6.29 Å². The molecule has 4 atom stereocenters. The van der Waals surface area contributed by atoms with E-state index in [1.165, 1.54) is 19.3 Å². The zero-order chi connectivity index (χ0) is 34.9. The van der Waals surface area contributed by atoms with Crippen LogP contribution in [0, 0.1) is 6.92 Å². The molecule has 10 heteroatoms. The Morgan fingerprint density at radius 3 is 2.16 bits per heavy atom. The van der Waals surface area contributed by atoms with Crippen molar-refractivity contribution in [2.45, 2.75) is 81.6 Å². The summed E-state index contributed by atoms with van der Waals surface area (Å²) in [5.74, 6) is -0.414. The summed E-state index contributed by atoms with van der Waals surface area (Å²) in [4.78, 5) is 16.1. The predicted octanol–water partition coefficient (Wildman–Crippen LogP) is 5.72. The van der Waals surface area contributed by atoms with E-state index in [9.17, 15) is 18.3 Å². The number of nitrogens with one attached hydrogen (secondary N) is 2. The maximum absolute atomic E-state index is 13.5. The maximum Gasteiger partial charge on any atom is 0.241 e. The number of aliphatic hydroxyl groups excluding tert-OH is 1. The van der Waals surface area contributed by atoms with Gasteiger partial charge in [-0.3, -0.25) is 4.79 Å². The fraction of sp³-hybridized carbons (Fsp3) is 0.375. The smallest absolute Gasteiger partial charge is 0.241 e. The van der Waals surface area contributed by atoms with Gasteiger partial charge in [0, 0.05) is 25.1 Å². The Morgan fingerprint density at radius 1 is 0.820 bits per heavy atom. The highest BCUT2D eigenvalue weighted by Crippen LogP contribution is 2.38. The third kappa shape index (κ3) is 9.66. The van der Waals surface area contributed by atoms with Crippen LogP contribution in [0.4, 0.5) is 0 Å². The quantitative estimate of drug-likeness (QED) is 0.164. The predicted molar refractivity (Wildman–Crippen MR) is 192 cm³/mol. The maximum atomic E-state index is 13.5. The van der Waals surface area contributed by atoms with Crippen molar-refractivity contribution in [2.24, 2.45) is 0 Å². The molecule has 9 nitrogen and oxygen atoms in total. The van der Waals surface area contributed by atoms with Crippen LogP contribution in [0.2, 0.25) is 0 Å². The highest BCUT2D eigenvalue weighted by molar-refractivity contribution is 7.89. The highest BCUT2D eigenvalue weighted by atomic mass is 32.2. The first-order chi connectivity index (χ1) is 24.3. The number of carbonyl (C=O) groups is 1. The van der Waals surface area contributed by atoms with Gasteiger partial charge in [-0.05, 0) is 73.7 Å². The molecule has 2 heterocycles. The largest absolute Gasteiger partial charge is 0.392 e. The molecule has 0 radical (unpaired) electrons. The van der Waals surface area contributed by atoms with Gasteiger partial charge in [0.1, 0.15) is 6.04 Å². The van der Waals surface area contributed by atoms with E-state index < -0.39 is 28.3 Å². The van der Waals surface area contributed by atoms with E-state index in [1.54, 1.807) is 24.3 Å². The van der Waals surface area contributed by atoms with Crippen LogP contribution in [0.25, 0.3) is 0 Å². The Morgan fingerprint density at radius 2 is 1.48 bits per heavy atom. The van der Waals surface area contributed by atoms with Gasteiger partial charge in [0.2, 0.25) is 15.9 Å². The van der Waals surface area contributed by atoms with Crippen molar-refractivity contribution in [1.29, 1.82) is 0 Å². The van der Waals surface area contributed by atoms with Crippen LogP contribution < -0.4 is 10.0 Å². The molecule has 50 heavy (non-hydrogen) atoms. The van der Waals surface area contributed by atoms with Gasteiger partial charge in [-0.1, -0.05) is 103 Å². The van der Waals surface area contributed by atoms with Crippen molar-refractivity contribution in [2.75, 3.05) is 19.6 Å². The normalized spacial score (nSPS) is 20.6. The molecule has 2 fully saturated rings. The second kappa shape index (κ2) is 16.9. The Kier molecular flexibility index (Phi) is 12.1. The summed E-state index contributed by atoms with van der Waals surface area (Å²) in [7, 11) is -3.94. The number of benzene rings is 4. The topological polar surface area (TPSA) is 117 Å². The molecular formula is C40H47N3O6S. The van der Waals surface area contributed by atoms with Crippen molar-refractivity contribution in [3.8, 4) is 0 Å². The van der Waals surface area contributed by atoms with Gasteiger partial charge in [0.25, 0.3) is 0 Å². The van der Waals surface area contributed by atoms with E-state index >= 15 is 0 Å². The van der Waals surface area contributed by atoms with Gasteiger partial charge in [-0.25, -0.2) is 8.42 Å². The Labute approximate surface area is 295 Å². The molecule has 1 amide bonds. The number of hydrogen-bond acceptors (Lipinski definition) is 7. The third-order valence-electron chi connectivity index (χ3n) is 9.47. The molecule has 264 valence electrons. The summed E-state index contributed by atoms with van der Waals surface area (Å²) in [5.41, 5.74) is 5.45. The number of piperidine rings is 1. The number of hydrogen-bond donors (Lipinski definition) is 3. The highest BCUT2D eigenvalue weighted by Gasteiger charge is 2.33. The van der Waals surface area contributed by atoms with Crippen LogP contribution in [0.3, 0.4) is 0 Å². The van der Waals surface area contributed by atoms with Gasteiger partial charge >= 0.3 is 0 Å². The molecule has 0 bridgehead atoms. The van der Waals surface area contributed by atoms with Crippen LogP contribution >= 0.6 is 0 Å². The number of likely N-dealkylation sites (tertiary alicyclic amines) is 1. The number of aryl methyl sites for hydroxylation is 1. The average Bonchev–Trinajstić information content (AvgIpc) is 3.14. The summed E-state index contributed by atoms with van der Waals surface area (Å²) in [6, 6.07) is 30.6. The number of carbonyl (C=O) groups excluding carboxylic acids is 1. The van der Waals surface area contributed by atoms with E-state index in [4.69, 9.17) is 9.47 Å². The molecule has 3 N–H and O–H groups in total. The Bertz CT molecular complexity index is 1780. The van der Waals surface area contributed by atoms with E-state index in [0.717, 1.165) is 59.4 Å². The second-order valence-electron chi connectivity index (χ2n) is 13.3. The number of amides is 1. The van der Waals surface area contributed by atoms with Gasteiger partial charge in [-0.2, -0.15) is 4.72 Å². The summed E-state index contributed by atoms with van der Waals surface area (Å²) < 4.78 is 42.2. The Hall–Kier alpha value is -3.90. The zero-order valence-electron chi connectivity index (χ0n) is 28.5. The number of sulfonamides is 1. The molecule has 2 aliphatic rings. The molecule has 4 aromatic carbocycles. The molecular weight excluding hydrogens is 651 g/mol. The third-order valence-corrected chi connectivity index (χ3v) is 11.0. The van der Waals surface area contributed by atoms with Crippen molar-refractivity contribution < 1.29 is 27.8 Å². The van der Waals surface area contributed by atoms with Crippen LogP contribution in [0.5, 0.6) is 0 Å². The number of ether oxygens (including phenoxy) is 2. The van der Waals surface area contributed by atoms with Crippen molar-refractivity contribution in [3.05, 3.63) is 137 Å². The average molecular weight is 698 g/mol. The molecule has 2 aliphatic heterocycles. The SMILES string of the molecule is Cc1ccc(S(=O)(=O)N[C@H](Cc2ccccc2)C(=O)NCc2ccc([C@@H]3O[C@H](CN4CCCCC4)C[C@H](c4ccc(CO)cc4)O3)cc2)cc1. The lowest BCUT2D eigenvalue weighted by molar-refractivity contribution is -0.253. The first-order valence-electron chi connectivity index (χ1n) is 17.5. The molecule has 0 aromatic heterocycles. The zero-order valence-corrected chi connectivity index (χ0v) is 29.4. The van der Waals surface area contributed by atoms with Crippen LogP contribution in [0.15, 0.2) is 108 Å². The lowest BCUT2D eigenvalue weighted by atomic mass is 9.99. The summed E-state index contributed by atoms with van der Waals surface area (Å²) in [5, 5.41) is 12.5. The second-order valence-corrected chi connectivity index (χ2v) is 15.1. The van der Waals surface area contributed by atoms with E-state index in [1.807, 2.05) is 85.8 Å². The van der Waals surface area contributed by atoms with E-state index in [0.29, 0.717) is 0 Å². The standard InChI is InChI=1S/C40H47N3O6S/c1-29-10-20-36(21-11-29)50(46,47)42-37(24-30-8-4-2-5-9-30)39(45)41-26-31-12-18-34(19-13-31)40-48-35(27-43-22-6-3-7-23-43)25-38(49-40)33-16-14-32(28-44)15-17-33/h2,4-5,8-21,35,37-38,40,42,44H,3,6-7,22-28H2,1H3,(H,41,45)/t35-,37+,38+,40+/m0/s1. The van der Waals surface area contributed by atoms with Gasteiger partial charge < -0.3 is 24.8 Å². The van der Waals surface area contributed by atoms with Crippen molar-refractivity contribution in [3.63, 3.8) is 0 Å². The fourth-order valence-electron chi connectivity index (χ4n) is 6.58. The van der Waals surface area contributed by atoms with Crippen molar-refractivity contribution >= 4 is 15.9 Å². The van der Waals surface area contributed by atoms with E-state index in [2.05, 4.69) is 14.9 Å². The molecule has 0 saturated carbocycles. The summed E-state index contributed by atoms with van der Waals surface area (Å²) >= 11 is 0. The number of nitrogens with zero attached hydrogens (tertiary/aromatic N) is 1. The first kappa shape index (κ1) is 35.9. The van der Waals surface area contributed by atoms with Crippen molar-refractivity contribution in [1.82, 2.24) is 14.9 Å². The lowest BCUT2D eigenvalue weighted by Crippen LogP contribution is -2.47. The molecule has 4 aromatic rings. The fourth-order valence-corrected chi connectivity index (χ4v) is 7.77. The first-order valence-corrected chi connectivity index (χ1v) is 19.0. The van der Waals surface area contributed by atoms with E-state index in [-0.39, 0.29) is 36.7 Å². The van der Waals surface area contributed by atoms with Crippen LogP contribution in [-0.4, -0.2) is 56.1 Å². The molecule has 6 rings (SSSR count). The number of rotatable bonds is 13. The molecule has 2 saturated heterocycles. The summed E-state index contributed by atoms with van der Waals surface area (Å²) in [6.07, 6.45) is 3.93. The lowest BCUT2D eigenvalue weighted by Gasteiger charge is -2.39. The van der Waals surface area contributed by atoms with Gasteiger partial charge in [0.05, 0.1) is 23.7 Å². The minimum atomic E-state index is -3.94. The van der Waals surface area contributed by atoms with Crippen LogP contribution in [-0.2, 0) is 43.9 Å². The van der Waals surface area contributed by atoms with Gasteiger partial charge in [-0.15, -0.1) is 0 Å².